The number of nitro benzene ring substituents is 1. The molecule has 0 fully saturated rings. The Kier molecular flexibility index (Phi) is 4.58. The van der Waals surface area contributed by atoms with E-state index in [1.54, 1.807) is 29.8 Å². The Hall–Kier alpha value is -2.85. The first-order valence-corrected chi connectivity index (χ1v) is 9.74. The minimum atomic E-state index is -0.448. The van der Waals surface area contributed by atoms with Gasteiger partial charge in [0.2, 0.25) is 11.8 Å². The van der Waals surface area contributed by atoms with E-state index in [-0.39, 0.29) is 5.69 Å². The first kappa shape index (κ1) is 17.6. The van der Waals surface area contributed by atoms with Crippen LogP contribution in [0.3, 0.4) is 0 Å². The number of thioether (sulfide) groups is 1. The van der Waals surface area contributed by atoms with Crippen LogP contribution in [-0.4, -0.2) is 25.1 Å². The van der Waals surface area contributed by atoms with Gasteiger partial charge in [0.15, 0.2) is 0 Å². The van der Waals surface area contributed by atoms with E-state index in [4.69, 9.17) is 4.42 Å². The predicted octanol–water partition coefficient (Wildman–Crippen LogP) is 4.56. The number of thiophene rings is 1. The first-order chi connectivity index (χ1) is 13.0. The highest BCUT2D eigenvalue weighted by molar-refractivity contribution is 7.98. The first-order valence-electron chi connectivity index (χ1n) is 7.93. The fourth-order valence-corrected chi connectivity index (χ4v) is 4.50. The van der Waals surface area contributed by atoms with Crippen LogP contribution in [0.2, 0.25) is 0 Å². The summed E-state index contributed by atoms with van der Waals surface area (Å²) in [5, 5.41) is 20.8. The van der Waals surface area contributed by atoms with Gasteiger partial charge in [0.05, 0.1) is 10.7 Å². The van der Waals surface area contributed by atoms with Gasteiger partial charge in [0, 0.05) is 28.0 Å². The lowest BCUT2D eigenvalue weighted by molar-refractivity contribution is -0.384. The van der Waals surface area contributed by atoms with Crippen LogP contribution >= 0.6 is 23.1 Å². The Morgan fingerprint density at radius 1 is 1.19 bits per heavy atom. The molecule has 3 aromatic heterocycles. The van der Waals surface area contributed by atoms with Gasteiger partial charge >= 0.3 is 0 Å². The van der Waals surface area contributed by atoms with E-state index < -0.39 is 4.92 Å². The van der Waals surface area contributed by atoms with Gasteiger partial charge in [-0.15, -0.1) is 21.5 Å². The molecule has 4 aromatic rings. The lowest BCUT2D eigenvalue weighted by Crippen LogP contribution is -1.87. The second-order valence-electron chi connectivity index (χ2n) is 5.74. The van der Waals surface area contributed by atoms with Crippen molar-refractivity contribution in [2.75, 3.05) is 0 Å². The van der Waals surface area contributed by atoms with Crippen LogP contribution in [0.1, 0.15) is 16.3 Å². The normalized spacial score (nSPS) is 11.2. The standard InChI is InChI=1S/C17H13N5O3S2/c1-9-10(2)27-17-14(9)16(18-8-19-17)26-7-13-20-21-15(25-13)11-3-5-12(6-4-11)22(23)24/h3-6,8H,7H2,1-2H3. The minimum absolute atomic E-state index is 0.0169. The number of non-ortho nitro benzene ring substituents is 1. The summed E-state index contributed by atoms with van der Waals surface area (Å²) in [5.74, 6) is 1.26. The quantitative estimate of drug-likeness (QED) is 0.208. The number of nitro groups is 1. The van der Waals surface area contributed by atoms with Crippen LogP contribution < -0.4 is 0 Å². The smallest absolute Gasteiger partial charge is 0.269 e. The molecule has 10 heteroatoms. The van der Waals surface area contributed by atoms with Crippen LogP contribution in [0.25, 0.3) is 21.7 Å². The monoisotopic (exact) mass is 399 g/mol. The van der Waals surface area contributed by atoms with Crippen molar-refractivity contribution in [1.82, 2.24) is 20.2 Å². The summed E-state index contributed by atoms with van der Waals surface area (Å²) in [4.78, 5) is 21.2. The molecule has 0 unspecified atom stereocenters. The number of rotatable bonds is 5. The highest BCUT2D eigenvalue weighted by Gasteiger charge is 2.15. The summed E-state index contributed by atoms with van der Waals surface area (Å²) in [6.45, 7) is 4.14. The number of aromatic nitrogens is 4. The van der Waals surface area contributed by atoms with E-state index in [1.165, 1.54) is 34.3 Å². The summed E-state index contributed by atoms with van der Waals surface area (Å²) < 4.78 is 5.69. The summed E-state index contributed by atoms with van der Waals surface area (Å²) in [6, 6.07) is 6.00. The van der Waals surface area contributed by atoms with E-state index in [0.717, 1.165) is 15.2 Å². The molecule has 0 saturated carbocycles. The van der Waals surface area contributed by atoms with Gasteiger partial charge < -0.3 is 4.42 Å². The Labute approximate surface area is 161 Å². The van der Waals surface area contributed by atoms with E-state index >= 15 is 0 Å². The van der Waals surface area contributed by atoms with Crippen LogP contribution in [-0.2, 0) is 5.75 Å². The van der Waals surface area contributed by atoms with Gasteiger partial charge in [-0.1, -0.05) is 11.8 Å². The third kappa shape index (κ3) is 3.40. The third-order valence-electron chi connectivity index (χ3n) is 4.05. The largest absolute Gasteiger partial charge is 0.420 e. The number of nitrogens with zero attached hydrogens (tertiary/aromatic N) is 5. The van der Waals surface area contributed by atoms with Gasteiger partial charge in [-0.2, -0.15) is 0 Å². The molecule has 0 bridgehead atoms. The molecular formula is C17H13N5O3S2. The highest BCUT2D eigenvalue weighted by Crippen LogP contribution is 2.35. The van der Waals surface area contributed by atoms with E-state index in [2.05, 4.69) is 34.0 Å². The average molecular weight is 399 g/mol. The number of aryl methyl sites for hydroxylation is 2. The van der Waals surface area contributed by atoms with Gasteiger partial charge in [-0.05, 0) is 31.5 Å². The van der Waals surface area contributed by atoms with Gasteiger partial charge in [-0.25, -0.2) is 9.97 Å². The molecule has 0 aliphatic carbocycles. The number of hydrogen-bond donors (Lipinski definition) is 0. The van der Waals surface area contributed by atoms with Gasteiger partial charge in [0.25, 0.3) is 5.69 Å². The molecule has 0 aliphatic rings. The highest BCUT2D eigenvalue weighted by atomic mass is 32.2. The maximum Gasteiger partial charge on any atom is 0.269 e. The van der Waals surface area contributed by atoms with Crippen molar-refractivity contribution in [1.29, 1.82) is 0 Å². The van der Waals surface area contributed by atoms with E-state index in [1.807, 2.05) is 0 Å². The zero-order chi connectivity index (χ0) is 19.0. The van der Waals surface area contributed by atoms with Crippen molar-refractivity contribution in [3.63, 3.8) is 0 Å². The fraction of sp³-hybridized carbons (Fsp3) is 0.176. The lowest BCUT2D eigenvalue weighted by Gasteiger charge is -2.01. The molecule has 0 saturated heterocycles. The molecule has 1 aromatic carbocycles. The Balaban J connectivity index is 1.53. The second-order valence-corrected chi connectivity index (χ2v) is 7.90. The van der Waals surface area contributed by atoms with Crippen molar-refractivity contribution in [2.24, 2.45) is 0 Å². The summed E-state index contributed by atoms with van der Waals surface area (Å²) in [5.41, 5.74) is 1.84. The molecule has 0 spiro atoms. The van der Waals surface area contributed by atoms with Crippen molar-refractivity contribution in [3.8, 4) is 11.5 Å². The zero-order valence-corrected chi connectivity index (χ0v) is 16.0. The summed E-state index contributed by atoms with van der Waals surface area (Å²) >= 11 is 3.17. The predicted molar refractivity (Wildman–Crippen MR) is 103 cm³/mol. The molecule has 4 rings (SSSR count). The number of benzene rings is 1. The molecule has 3 heterocycles. The Morgan fingerprint density at radius 3 is 2.70 bits per heavy atom. The molecule has 0 amide bonds. The van der Waals surface area contributed by atoms with Crippen molar-refractivity contribution in [2.45, 2.75) is 24.6 Å². The van der Waals surface area contributed by atoms with Crippen LogP contribution in [0.15, 0.2) is 40.0 Å². The van der Waals surface area contributed by atoms with E-state index in [0.29, 0.717) is 23.1 Å². The van der Waals surface area contributed by atoms with Gasteiger partial charge in [0.1, 0.15) is 16.2 Å². The number of fused-ring (bicyclic) bond motifs is 1. The average Bonchev–Trinajstić information content (AvgIpc) is 3.25. The topological polar surface area (TPSA) is 108 Å². The van der Waals surface area contributed by atoms with E-state index in [9.17, 15) is 10.1 Å². The number of hydrogen-bond acceptors (Lipinski definition) is 9. The van der Waals surface area contributed by atoms with Gasteiger partial charge in [-0.3, -0.25) is 10.1 Å². The molecule has 0 radical (unpaired) electrons. The fourth-order valence-electron chi connectivity index (χ4n) is 2.54. The molecule has 27 heavy (non-hydrogen) atoms. The summed E-state index contributed by atoms with van der Waals surface area (Å²) in [6.07, 6.45) is 1.57. The molecule has 136 valence electrons. The van der Waals surface area contributed by atoms with Crippen molar-refractivity contribution >= 4 is 39.0 Å². The Bertz CT molecular complexity index is 1140. The van der Waals surface area contributed by atoms with Crippen molar-refractivity contribution in [3.05, 3.63) is 57.0 Å². The maximum absolute atomic E-state index is 10.7. The van der Waals surface area contributed by atoms with Crippen LogP contribution in [0.4, 0.5) is 5.69 Å². The maximum atomic E-state index is 10.7. The second kappa shape index (κ2) is 7.05. The van der Waals surface area contributed by atoms with Crippen LogP contribution in [0.5, 0.6) is 0 Å². The summed E-state index contributed by atoms with van der Waals surface area (Å²) in [7, 11) is 0. The van der Waals surface area contributed by atoms with Crippen molar-refractivity contribution < 1.29 is 9.34 Å². The van der Waals surface area contributed by atoms with Crippen LogP contribution in [0, 0.1) is 24.0 Å². The SMILES string of the molecule is Cc1sc2ncnc(SCc3nnc(-c4ccc([N+](=O)[O-])cc4)o3)c2c1C. The molecule has 0 aliphatic heterocycles. The Morgan fingerprint density at radius 2 is 1.96 bits per heavy atom. The third-order valence-corrected chi connectivity index (χ3v) is 6.14. The molecule has 0 N–H and O–H groups in total. The lowest BCUT2D eigenvalue weighted by atomic mass is 10.2. The molecule has 0 atom stereocenters. The zero-order valence-electron chi connectivity index (χ0n) is 14.4. The molecule has 8 nitrogen and oxygen atoms in total. The minimum Gasteiger partial charge on any atom is -0.420 e. The molecular weight excluding hydrogens is 386 g/mol.